The van der Waals surface area contributed by atoms with Crippen LogP contribution in [0, 0.1) is 5.92 Å². The first-order chi connectivity index (χ1) is 9.24. The van der Waals surface area contributed by atoms with Crippen LogP contribution in [0.15, 0.2) is 29.2 Å². The Morgan fingerprint density at radius 2 is 1.79 bits per heavy atom. The molecule has 0 amide bonds. The van der Waals surface area contributed by atoms with Crippen LogP contribution >= 0.6 is 11.8 Å². The van der Waals surface area contributed by atoms with Crippen LogP contribution in [-0.2, 0) is 0 Å². The number of alkyl halides is 2. The summed E-state index contributed by atoms with van der Waals surface area (Å²) in [6.45, 7) is 0.978. The van der Waals surface area contributed by atoms with Gasteiger partial charge in [-0.1, -0.05) is 43.9 Å². The normalized spacial score (nSPS) is 16.8. The SMILES string of the molecule is FC(F)Sc1ccc(NCCC2CCCCC2)cc1. The van der Waals surface area contributed by atoms with E-state index < -0.39 is 5.76 Å². The van der Waals surface area contributed by atoms with Gasteiger partial charge in [0.1, 0.15) is 0 Å². The highest BCUT2D eigenvalue weighted by Gasteiger charge is 2.12. The molecule has 0 heterocycles. The van der Waals surface area contributed by atoms with Crippen LogP contribution in [0.5, 0.6) is 0 Å². The maximum atomic E-state index is 12.2. The molecule has 19 heavy (non-hydrogen) atoms. The topological polar surface area (TPSA) is 12.0 Å². The molecule has 1 nitrogen and oxygen atoms in total. The summed E-state index contributed by atoms with van der Waals surface area (Å²) >= 11 is 0.593. The van der Waals surface area contributed by atoms with Crippen molar-refractivity contribution in [2.24, 2.45) is 5.92 Å². The molecule has 0 aromatic heterocycles. The van der Waals surface area contributed by atoms with E-state index in [2.05, 4.69) is 5.32 Å². The van der Waals surface area contributed by atoms with Gasteiger partial charge in [0.25, 0.3) is 5.76 Å². The molecule has 1 fully saturated rings. The summed E-state index contributed by atoms with van der Waals surface area (Å²) in [6, 6.07) is 7.26. The van der Waals surface area contributed by atoms with Gasteiger partial charge in [-0.25, -0.2) is 0 Å². The van der Waals surface area contributed by atoms with Crippen LogP contribution in [0.1, 0.15) is 38.5 Å². The smallest absolute Gasteiger partial charge is 0.288 e. The Morgan fingerprint density at radius 1 is 1.11 bits per heavy atom. The molecule has 106 valence electrons. The fourth-order valence-electron chi connectivity index (χ4n) is 2.65. The minimum Gasteiger partial charge on any atom is -0.385 e. The first-order valence-corrected chi connectivity index (χ1v) is 7.91. The Bertz CT molecular complexity index is 361. The predicted molar refractivity (Wildman–Crippen MR) is 78.0 cm³/mol. The number of nitrogens with one attached hydrogen (secondary N) is 1. The van der Waals surface area contributed by atoms with Crippen LogP contribution < -0.4 is 5.32 Å². The summed E-state index contributed by atoms with van der Waals surface area (Å²) < 4.78 is 24.4. The molecule has 0 aliphatic heterocycles. The van der Waals surface area contributed by atoms with Gasteiger partial charge in [-0.15, -0.1) is 0 Å². The molecule has 1 saturated carbocycles. The van der Waals surface area contributed by atoms with Crippen molar-refractivity contribution < 1.29 is 8.78 Å². The van der Waals surface area contributed by atoms with Crippen LogP contribution in [-0.4, -0.2) is 12.3 Å². The Kier molecular flexibility index (Phi) is 5.95. The van der Waals surface area contributed by atoms with E-state index >= 15 is 0 Å². The lowest BCUT2D eigenvalue weighted by Gasteiger charge is -2.21. The highest BCUT2D eigenvalue weighted by molar-refractivity contribution is 7.99. The van der Waals surface area contributed by atoms with Crippen LogP contribution in [0.4, 0.5) is 14.5 Å². The largest absolute Gasteiger partial charge is 0.385 e. The zero-order valence-corrected chi connectivity index (χ0v) is 11.9. The van der Waals surface area contributed by atoms with Gasteiger partial charge < -0.3 is 5.32 Å². The van der Waals surface area contributed by atoms with Gasteiger partial charge in [0.2, 0.25) is 0 Å². The number of anilines is 1. The molecule has 1 N–H and O–H groups in total. The first-order valence-electron chi connectivity index (χ1n) is 7.03. The van der Waals surface area contributed by atoms with Gasteiger partial charge in [-0.05, 0) is 36.6 Å². The quantitative estimate of drug-likeness (QED) is 0.704. The third-order valence-corrected chi connectivity index (χ3v) is 4.41. The molecule has 1 aromatic rings. The van der Waals surface area contributed by atoms with Crippen molar-refractivity contribution in [2.45, 2.75) is 49.2 Å². The lowest BCUT2D eigenvalue weighted by molar-refractivity contribution is 0.252. The standard InChI is InChI=1S/C15H21F2NS/c16-15(17)19-14-8-6-13(7-9-14)18-11-10-12-4-2-1-3-5-12/h6-9,12,15,18H,1-5,10-11H2. The summed E-state index contributed by atoms with van der Waals surface area (Å²) in [5.41, 5.74) is 1.02. The molecule has 1 aromatic carbocycles. The van der Waals surface area contributed by atoms with Crippen LogP contribution in [0.3, 0.4) is 0 Å². The van der Waals surface area contributed by atoms with Crippen molar-refractivity contribution in [1.82, 2.24) is 0 Å². The lowest BCUT2D eigenvalue weighted by Crippen LogP contribution is -2.12. The number of rotatable bonds is 6. The second-order valence-electron chi connectivity index (χ2n) is 5.12. The number of halogens is 2. The molecule has 0 atom stereocenters. The average Bonchev–Trinajstić information content (AvgIpc) is 2.41. The Morgan fingerprint density at radius 3 is 2.42 bits per heavy atom. The Balaban J connectivity index is 1.70. The predicted octanol–water partition coefficient (Wildman–Crippen LogP) is 5.38. The number of hydrogen-bond donors (Lipinski definition) is 1. The van der Waals surface area contributed by atoms with E-state index in [9.17, 15) is 8.78 Å². The minimum absolute atomic E-state index is 0.593. The molecule has 0 radical (unpaired) electrons. The van der Waals surface area contributed by atoms with E-state index in [0.717, 1.165) is 18.2 Å². The van der Waals surface area contributed by atoms with Crippen molar-refractivity contribution in [1.29, 1.82) is 0 Å². The molecule has 0 spiro atoms. The molecule has 4 heteroatoms. The van der Waals surface area contributed by atoms with Gasteiger partial charge in [0, 0.05) is 17.1 Å². The van der Waals surface area contributed by atoms with Gasteiger partial charge >= 0.3 is 0 Å². The van der Waals surface area contributed by atoms with Gasteiger partial charge in [0.15, 0.2) is 0 Å². The van der Waals surface area contributed by atoms with Gasteiger partial charge in [0.05, 0.1) is 0 Å². The van der Waals surface area contributed by atoms with Crippen molar-refractivity contribution in [3.63, 3.8) is 0 Å². The molecule has 1 aliphatic rings. The third kappa shape index (κ3) is 5.39. The molecule has 1 aliphatic carbocycles. The minimum atomic E-state index is -2.34. The van der Waals surface area contributed by atoms with Gasteiger partial charge in [-0.3, -0.25) is 0 Å². The summed E-state index contributed by atoms with van der Waals surface area (Å²) in [5, 5.41) is 3.38. The Labute approximate surface area is 118 Å². The van der Waals surface area contributed by atoms with E-state index in [-0.39, 0.29) is 0 Å². The number of hydrogen-bond acceptors (Lipinski definition) is 2. The summed E-state index contributed by atoms with van der Waals surface area (Å²) in [5.74, 6) is -1.47. The fraction of sp³-hybridized carbons (Fsp3) is 0.600. The summed E-state index contributed by atoms with van der Waals surface area (Å²) in [6.07, 6.45) is 8.10. The fourth-order valence-corrected chi connectivity index (χ4v) is 3.15. The molecule has 0 bridgehead atoms. The van der Waals surface area contributed by atoms with Crippen LogP contribution in [0.25, 0.3) is 0 Å². The second-order valence-corrected chi connectivity index (χ2v) is 6.19. The Hall–Kier alpha value is -0.770. The maximum absolute atomic E-state index is 12.2. The molecular formula is C15H21F2NS. The molecular weight excluding hydrogens is 264 g/mol. The number of thioether (sulfide) groups is 1. The van der Waals surface area contributed by atoms with E-state index in [1.807, 2.05) is 12.1 Å². The van der Waals surface area contributed by atoms with Crippen molar-refractivity contribution in [2.75, 3.05) is 11.9 Å². The maximum Gasteiger partial charge on any atom is 0.288 e. The number of benzene rings is 1. The summed E-state index contributed by atoms with van der Waals surface area (Å²) in [7, 11) is 0. The monoisotopic (exact) mass is 285 g/mol. The summed E-state index contributed by atoms with van der Waals surface area (Å²) in [4.78, 5) is 0.618. The highest BCUT2D eigenvalue weighted by Crippen LogP contribution is 2.27. The van der Waals surface area contributed by atoms with Crippen LogP contribution in [0.2, 0.25) is 0 Å². The first kappa shape index (κ1) is 14.6. The average molecular weight is 285 g/mol. The third-order valence-electron chi connectivity index (χ3n) is 3.69. The van der Waals surface area contributed by atoms with E-state index in [1.165, 1.54) is 38.5 Å². The lowest BCUT2D eigenvalue weighted by atomic mass is 9.87. The second kappa shape index (κ2) is 7.73. The van der Waals surface area contributed by atoms with E-state index in [0.29, 0.717) is 16.7 Å². The highest BCUT2D eigenvalue weighted by atomic mass is 32.2. The van der Waals surface area contributed by atoms with Crippen molar-refractivity contribution in [3.05, 3.63) is 24.3 Å². The molecule has 2 rings (SSSR count). The molecule has 0 saturated heterocycles. The van der Waals surface area contributed by atoms with Crippen molar-refractivity contribution in [3.8, 4) is 0 Å². The van der Waals surface area contributed by atoms with Gasteiger partial charge in [-0.2, -0.15) is 8.78 Å². The zero-order chi connectivity index (χ0) is 13.5. The van der Waals surface area contributed by atoms with E-state index in [1.54, 1.807) is 12.1 Å². The zero-order valence-electron chi connectivity index (χ0n) is 11.1. The van der Waals surface area contributed by atoms with E-state index in [4.69, 9.17) is 0 Å². The van der Waals surface area contributed by atoms with Crippen molar-refractivity contribution >= 4 is 17.4 Å². The molecule has 0 unspecified atom stereocenters.